The highest BCUT2D eigenvalue weighted by Gasteiger charge is 2.12. The summed E-state index contributed by atoms with van der Waals surface area (Å²) in [5, 5.41) is 4.23. The molecule has 0 fully saturated rings. The van der Waals surface area contributed by atoms with Gasteiger partial charge in [-0.1, -0.05) is 48.5 Å². The minimum atomic E-state index is 0.0316. The van der Waals surface area contributed by atoms with E-state index in [9.17, 15) is 4.79 Å². The van der Waals surface area contributed by atoms with Gasteiger partial charge in [0.25, 0.3) is 0 Å². The summed E-state index contributed by atoms with van der Waals surface area (Å²) in [6.07, 6.45) is 1.83. The van der Waals surface area contributed by atoms with Crippen LogP contribution in [-0.4, -0.2) is 12.5 Å². The maximum absolute atomic E-state index is 11.1. The highest BCUT2D eigenvalue weighted by molar-refractivity contribution is 7.19. The summed E-state index contributed by atoms with van der Waals surface area (Å²) in [5.41, 5.74) is 2.70. The van der Waals surface area contributed by atoms with Gasteiger partial charge in [0.15, 0.2) is 0 Å². The standard InChI is InChI=1S/C19H19NOS/c1-14(21)20-12-11-17-16-9-5-6-10-18(16)22-19(17)13-15-7-3-2-4-8-15/h2-10H,11-13H2,1H3,(H,20,21). The Labute approximate surface area is 134 Å². The van der Waals surface area contributed by atoms with E-state index in [1.807, 2.05) is 17.4 Å². The van der Waals surface area contributed by atoms with Crippen LogP contribution in [-0.2, 0) is 17.6 Å². The van der Waals surface area contributed by atoms with Gasteiger partial charge in [0, 0.05) is 29.5 Å². The zero-order valence-corrected chi connectivity index (χ0v) is 13.5. The molecule has 22 heavy (non-hydrogen) atoms. The Morgan fingerprint density at radius 3 is 2.55 bits per heavy atom. The largest absolute Gasteiger partial charge is 0.356 e. The number of amides is 1. The monoisotopic (exact) mass is 309 g/mol. The second-order valence-corrected chi connectivity index (χ2v) is 6.53. The zero-order chi connectivity index (χ0) is 15.4. The summed E-state index contributed by atoms with van der Waals surface area (Å²) in [5.74, 6) is 0.0316. The van der Waals surface area contributed by atoms with Crippen LogP contribution in [0.1, 0.15) is 22.9 Å². The molecule has 0 radical (unpaired) electrons. The molecule has 2 aromatic carbocycles. The van der Waals surface area contributed by atoms with Crippen molar-refractivity contribution in [2.45, 2.75) is 19.8 Å². The van der Waals surface area contributed by atoms with Crippen LogP contribution in [0.25, 0.3) is 10.1 Å². The third-order valence-electron chi connectivity index (χ3n) is 3.74. The van der Waals surface area contributed by atoms with E-state index in [1.165, 1.54) is 26.1 Å². The Morgan fingerprint density at radius 1 is 1.05 bits per heavy atom. The number of carbonyl (C=O) groups excluding carboxylic acids is 1. The van der Waals surface area contributed by atoms with Gasteiger partial charge in [0.1, 0.15) is 0 Å². The lowest BCUT2D eigenvalue weighted by Gasteiger charge is -2.06. The van der Waals surface area contributed by atoms with E-state index in [4.69, 9.17) is 0 Å². The van der Waals surface area contributed by atoms with Crippen molar-refractivity contribution in [2.75, 3.05) is 6.54 Å². The molecule has 0 aliphatic heterocycles. The SMILES string of the molecule is CC(=O)NCCc1c(Cc2ccccc2)sc2ccccc12. The first kappa shape index (κ1) is 14.8. The molecule has 112 valence electrons. The maximum Gasteiger partial charge on any atom is 0.216 e. The highest BCUT2D eigenvalue weighted by Crippen LogP contribution is 2.33. The third-order valence-corrected chi connectivity index (χ3v) is 4.95. The molecule has 3 heteroatoms. The van der Waals surface area contributed by atoms with Gasteiger partial charge in [-0.2, -0.15) is 0 Å². The Kier molecular flexibility index (Phi) is 4.54. The quantitative estimate of drug-likeness (QED) is 0.753. The average Bonchev–Trinajstić information content (AvgIpc) is 2.86. The van der Waals surface area contributed by atoms with Crippen LogP contribution in [0.3, 0.4) is 0 Å². The minimum Gasteiger partial charge on any atom is -0.356 e. The van der Waals surface area contributed by atoms with E-state index in [-0.39, 0.29) is 5.91 Å². The van der Waals surface area contributed by atoms with Gasteiger partial charge in [-0.25, -0.2) is 0 Å². The number of hydrogen-bond donors (Lipinski definition) is 1. The molecule has 0 unspecified atom stereocenters. The van der Waals surface area contributed by atoms with Crippen molar-refractivity contribution >= 4 is 27.3 Å². The number of rotatable bonds is 5. The van der Waals surface area contributed by atoms with Crippen LogP contribution in [0.15, 0.2) is 54.6 Å². The van der Waals surface area contributed by atoms with E-state index in [1.54, 1.807) is 6.92 Å². The Bertz CT molecular complexity index is 776. The van der Waals surface area contributed by atoms with Crippen LogP contribution in [0, 0.1) is 0 Å². The number of thiophene rings is 1. The molecule has 0 saturated carbocycles. The fraction of sp³-hybridized carbons (Fsp3) is 0.211. The van der Waals surface area contributed by atoms with Crippen LogP contribution < -0.4 is 5.32 Å². The summed E-state index contributed by atoms with van der Waals surface area (Å²) >= 11 is 1.86. The molecule has 1 aromatic heterocycles. The van der Waals surface area contributed by atoms with Crippen molar-refractivity contribution in [1.29, 1.82) is 0 Å². The van der Waals surface area contributed by atoms with E-state index in [0.29, 0.717) is 6.54 Å². The molecule has 1 heterocycles. The summed E-state index contributed by atoms with van der Waals surface area (Å²) in [4.78, 5) is 12.5. The fourth-order valence-corrected chi connectivity index (χ4v) is 4.00. The lowest BCUT2D eigenvalue weighted by atomic mass is 10.0. The molecule has 0 saturated heterocycles. The topological polar surface area (TPSA) is 29.1 Å². The van der Waals surface area contributed by atoms with Crippen LogP contribution in [0.2, 0.25) is 0 Å². The van der Waals surface area contributed by atoms with E-state index in [0.717, 1.165) is 12.8 Å². The van der Waals surface area contributed by atoms with E-state index < -0.39 is 0 Å². The number of fused-ring (bicyclic) bond motifs is 1. The molecule has 3 rings (SSSR count). The number of nitrogens with one attached hydrogen (secondary N) is 1. The lowest BCUT2D eigenvalue weighted by Crippen LogP contribution is -2.22. The van der Waals surface area contributed by atoms with Crippen molar-refractivity contribution in [2.24, 2.45) is 0 Å². The Balaban J connectivity index is 1.91. The van der Waals surface area contributed by atoms with Crippen molar-refractivity contribution in [3.8, 4) is 0 Å². The molecule has 0 spiro atoms. The Morgan fingerprint density at radius 2 is 1.77 bits per heavy atom. The highest BCUT2D eigenvalue weighted by atomic mass is 32.1. The van der Waals surface area contributed by atoms with Crippen LogP contribution >= 0.6 is 11.3 Å². The second kappa shape index (κ2) is 6.75. The zero-order valence-electron chi connectivity index (χ0n) is 12.6. The third kappa shape index (κ3) is 3.37. The number of hydrogen-bond acceptors (Lipinski definition) is 2. The molecule has 0 atom stereocenters. The van der Waals surface area contributed by atoms with Crippen molar-refractivity contribution in [1.82, 2.24) is 5.32 Å². The normalized spacial score (nSPS) is 10.8. The summed E-state index contributed by atoms with van der Waals surface area (Å²) in [7, 11) is 0. The minimum absolute atomic E-state index is 0.0316. The van der Waals surface area contributed by atoms with Crippen LogP contribution in [0.5, 0.6) is 0 Å². The first-order chi connectivity index (χ1) is 10.7. The van der Waals surface area contributed by atoms with E-state index in [2.05, 4.69) is 53.8 Å². The summed E-state index contributed by atoms with van der Waals surface area (Å²) in [6.45, 7) is 2.26. The molecular formula is C19H19NOS. The first-order valence-corrected chi connectivity index (χ1v) is 8.33. The predicted molar refractivity (Wildman–Crippen MR) is 93.5 cm³/mol. The molecule has 2 nitrogen and oxygen atoms in total. The number of benzene rings is 2. The van der Waals surface area contributed by atoms with E-state index >= 15 is 0 Å². The van der Waals surface area contributed by atoms with Gasteiger partial charge in [0.05, 0.1) is 0 Å². The fourth-order valence-electron chi connectivity index (χ4n) is 2.71. The van der Waals surface area contributed by atoms with Gasteiger partial charge in [0.2, 0.25) is 5.91 Å². The summed E-state index contributed by atoms with van der Waals surface area (Å²) in [6, 6.07) is 19.1. The molecule has 3 aromatic rings. The van der Waals surface area contributed by atoms with Gasteiger partial charge >= 0.3 is 0 Å². The predicted octanol–water partition coefficient (Wildman–Crippen LogP) is 4.17. The smallest absolute Gasteiger partial charge is 0.216 e. The van der Waals surface area contributed by atoms with Gasteiger partial charge in [-0.15, -0.1) is 11.3 Å². The van der Waals surface area contributed by atoms with Gasteiger partial charge in [-0.3, -0.25) is 4.79 Å². The van der Waals surface area contributed by atoms with Gasteiger partial charge < -0.3 is 5.32 Å². The summed E-state index contributed by atoms with van der Waals surface area (Å²) < 4.78 is 1.33. The second-order valence-electron chi connectivity index (χ2n) is 5.40. The molecule has 1 amide bonds. The molecular weight excluding hydrogens is 290 g/mol. The first-order valence-electron chi connectivity index (χ1n) is 7.51. The lowest BCUT2D eigenvalue weighted by molar-refractivity contribution is -0.118. The van der Waals surface area contributed by atoms with Gasteiger partial charge in [-0.05, 0) is 29.0 Å². The molecule has 1 N–H and O–H groups in total. The molecule has 0 aliphatic rings. The molecule has 0 bridgehead atoms. The van der Waals surface area contributed by atoms with Crippen molar-refractivity contribution < 1.29 is 4.79 Å². The average molecular weight is 309 g/mol. The molecule has 0 aliphatic carbocycles. The maximum atomic E-state index is 11.1. The Hall–Kier alpha value is -2.13. The van der Waals surface area contributed by atoms with Crippen molar-refractivity contribution in [3.63, 3.8) is 0 Å². The van der Waals surface area contributed by atoms with Crippen LogP contribution in [0.4, 0.5) is 0 Å². The number of carbonyl (C=O) groups is 1. The van der Waals surface area contributed by atoms with Crippen molar-refractivity contribution in [3.05, 3.63) is 70.6 Å².